The van der Waals surface area contributed by atoms with Gasteiger partial charge in [-0.3, -0.25) is 4.40 Å². The van der Waals surface area contributed by atoms with Gasteiger partial charge in [0.1, 0.15) is 17.3 Å². The number of para-hydroxylation sites is 1. The molecule has 3 aromatic heterocycles. The Bertz CT molecular complexity index is 1960. The molecule has 2 aliphatic heterocycles. The molecule has 0 radical (unpaired) electrons. The van der Waals surface area contributed by atoms with Crippen LogP contribution in [0.25, 0.3) is 50.1 Å². The van der Waals surface area contributed by atoms with Crippen LogP contribution in [0.4, 0.5) is 0 Å². The average Bonchev–Trinajstić information content (AvgIpc) is 3.59. The van der Waals surface area contributed by atoms with Gasteiger partial charge in [0.15, 0.2) is 0 Å². The molecule has 0 saturated carbocycles. The minimum absolute atomic E-state index is 0.122. The summed E-state index contributed by atoms with van der Waals surface area (Å²) in [5.41, 5.74) is 10.5. The van der Waals surface area contributed by atoms with Crippen molar-refractivity contribution in [3.05, 3.63) is 139 Å². The molecule has 3 aromatic carbocycles. The maximum absolute atomic E-state index is 5.15. The summed E-state index contributed by atoms with van der Waals surface area (Å²) < 4.78 is 2.15. The van der Waals surface area contributed by atoms with Crippen LogP contribution in [0.15, 0.2) is 128 Å². The lowest BCUT2D eigenvalue weighted by Gasteiger charge is -2.24. The van der Waals surface area contributed by atoms with Crippen LogP contribution in [-0.2, 0) is 0 Å². The number of imidazole rings is 1. The van der Waals surface area contributed by atoms with Gasteiger partial charge in [-0.25, -0.2) is 9.97 Å². The first-order chi connectivity index (χ1) is 18.8. The molecule has 0 spiro atoms. The third-order valence-electron chi connectivity index (χ3n) is 7.35. The number of allylic oxidation sites excluding steroid dienone is 2. The van der Waals surface area contributed by atoms with Gasteiger partial charge >= 0.3 is 0 Å². The Labute approximate surface area is 219 Å². The Morgan fingerprint density at radius 2 is 1.53 bits per heavy atom. The van der Waals surface area contributed by atoms with Crippen molar-refractivity contribution < 1.29 is 0 Å². The lowest BCUT2D eigenvalue weighted by Crippen LogP contribution is -2.32. The van der Waals surface area contributed by atoms with E-state index >= 15 is 0 Å². The number of aromatic nitrogens is 3. The maximum Gasteiger partial charge on any atom is 0.137 e. The molecule has 38 heavy (non-hydrogen) atoms. The van der Waals surface area contributed by atoms with E-state index in [1.54, 1.807) is 0 Å². The Hall–Kier alpha value is -5.16. The summed E-state index contributed by atoms with van der Waals surface area (Å²) in [4.78, 5) is 12.4. The molecule has 180 valence electrons. The topological polar surface area (TPSA) is 45.5 Å². The molecule has 1 unspecified atom stereocenters. The highest BCUT2D eigenvalue weighted by atomic mass is 15.3. The van der Waals surface area contributed by atoms with Gasteiger partial charge in [0.25, 0.3) is 0 Å². The third kappa shape index (κ3) is 3.26. The summed E-state index contributed by atoms with van der Waals surface area (Å²) in [6.07, 6.45) is 11.0. The van der Waals surface area contributed by atoms with Gasteiger partial charge in [-0.2, -0.15) is 0 Å². The van der Waals surface area contributed by atoms with E-state index in [1.807, 2.05) is 36.4 Å². The van der Waals surface area contributed by atoms with Gasteiger partial charge in [-0.05, 0) is 47.0 Å². The summed E-state index contributed by atoms with van der Waals surface area (Å²) >= 11 is 0. The second-order valence-electron chi connectivity index (χ2n) is 9.68. The Kier molecular flexibility index (Phi) is 4.52. The standard InChI is InChI=1S/C33H23N5/c1-2-9-22(10-3-1)28-21-37-20-25(16-17-29(37)34-28)23-11-8-12-24(19-23)31-33-32(26-13-4-5-14-27(26)35-31)36-30-15-6-7-18-38(30)33/h1-21,29,34H. The fourth-order valence-corrected chi connectivity index (χ4v) is 5.51. The zero-order valence-corrected chi connectivity index (χ0v) is 20.5. The molecule has 2 aliphatic rings. The quantitative estimate of drug-likeness (QED) is 0.296. The van der Waals surface area contributed by atoms with Crippen molar-refractivity contribution >= 4 is 38.9 Å². The van der Waals surface area contributed by atoms with Gasteiger partial charge in [0.05, 0.1) is 22.4 Å². The lowest BCUT2D eigenvalue weighted by atomic mass is 9.99. The minimum atomic E-state index is 0.122. The predicted molar refractivity (Wildman–Crippen MR) is 154 cm³/mol. The van der Waals surface area contributed by atoms with Gasteiger partial charge in [0, 0.05) is 29.5 Å². The van der Waals surface area contributed by atoms with E-state index in [0.29, 0.717) is 0 Å². The van der Waals surface area contributed by atoms with Crippen LogP contribution >= 0.6 is 0 Å². The largest absolute Gasteiger partial charge is 0.360 e. The molecule has 0 fully saturated rings. The van der Waals surface area contributed by atoms with Gasteiger partial charge in [-0.15, -0.1) is 0 Å². The van der Waals surface area contributed by atoms with Crippen LogP contribution in [0.2, 0.25) is 0 Å². The van der Waals surface area contributed by atoms with E-state index in [-0.39, 0.29) is 6.17 Å². The first-order valence-corrected chi connectivity index (χ1v) is 12.8. The van der Waals surface area contributed by atoms with Crippen LogP contribution in [0.1, 0.15) is 11.1 Å². The van der Waals surface area contributed by atoms with E-state index in [1.165, 1.54) is 5.56 Å². The highest BCUT2D eigenvalue weighted by molar-refractivity contribution is 6.09. The summed E-state index contributed by atoms with van der Waals surface area (Å²) in [7, 11) is 0. The smallest absolute Gasteiger partial charge is 0.137 e. The molecule has 0 aliphatic carbocycles. The summed E-state index contributed by atoms with van der Waals surface area (Å²) in [6.45, 7) is 0. The van der Waals surface area contributed by atoms with E-state index in [0.717, 1.165) is 55.7 Å². The van der Waals surface area contributed by atoms with E-state index in [4.69, 9.17) is 9.97 Å². The first-order valence-electron chi connectivity index (χ1n) is 12.8. The summed E-state index contributed by atoms with van der Waals surface area (Å²) in [5.74, 6) is 0. The number of hydrogen-bond donors (Lipinski definition) is 1. The number of nitrogens with zero attached hydrogens (tertiary/aromatic N) is 4. The molecule has 6 aromatic rings. The second kappa shape index (κ2) is 8.18. The second-order valence-corrected chi connectivity index (χ2v) is 9.68. The van der Waals surface area contributed by atoms with E-state index < -0.39 is 0 Å². The van der Waals surface area contributed by atoms with Crippen molar-refractivity contribution in [3.63, 3.8) is 0 Å². The number of rotatable bonds is 3. The monoisotopic (exact) mass is 489 g/mol. The Balaban J connectivity index is 1.25. The Morgan fingerprint density at radius 3 is 2.47 bits per heavy atom. The molecule has 0 amide bonds. The molecule has 8 rings (SSSR count). The van der Waals surface area contributed by atoms with Crippen molar-refractivity contribution in [3.8, 4) is 11.3 Å². The highest BCUT2D eigenvalue weighted by Gasteiger charge is 2.24. The van der Waals surface area contributed by atoms with Crippen molar-refractivity contribution in [1.29, 1.82) is 0 Å². The SMILES string of the molecule is C1=CC2NC(c3ccccc3)=CN2C=C1c1cccc(-c2nc3ccccc3c3nc4ccccn4c23)c1. The maximum atomic E-state index is 5.15. The number of benzene rings is 3. The molecule has 0 bridgehead atoms. The van der Waals surface area contributed by atoms with E-state index in [9.17, 15) is 0 Å². The number of hydrogen-bond acceptors (Lipinski definition) is 4. The first kappa shape index (κ1) is 21.0. The normalized spacial score (nSPS) is 16.5. The molecular formula is C33H23N5. The van der Waals surface area contributed by atoms with Crippen LogP contribution in [0.3, 0.4) is 0 Å². The highest BCUT2D eigenvalue weighted by Crippen LogP contribution is 2.35. The zero-order valence-electron chi connectivity index (χ0n) is 20.5. The van der Waals surface area contributed by atoms with Crippen LogP contribution in [0.5, 0.6) is 0 Å². The van der Waals surface area contributed by atoms with Gasteiger partial charge in [-0.1, -0.05) is 78.9 Å². The average molecular weight is 490 g/mol. The fraction of sp³-hybridized carbons (Fsp3) is 0.0303. The van der Waals surface area contributed by atoms with Crippen LogP contribution < -0.4 is 5.32 Å². The molecular weight excluding hydrogens is 466 g/mol. The van der Waals surface area contributed by atoms with Crippen LogP contribution in [-0.4, -0.2) is 25.4 Å². The molecule has 1 atom stereocenters. The third-order valence-corrected chi connectivity index (χ3v) is 7.35. The van der Waals surface area contributed by atoms with Crippen LogP contribution in [0, 0.1) is 0 Å². The molecule has 0 saturated heterocycles. The number of fused-ring (bicyclic) bond motifs is 6. The van der Waals surface area contributed by atoms with Crippen molar-refractivity contribution in [1.82, 2.24) is 24.6 Å². The molecule has 1 N–H and O–H groups in total. The molecule has 5 heteroatoms. The molecule has 5 heterocycles. The lowest BCUT2D eigenvalue weighted by molar-refractivity contribution is 0.429. The van der Waals surface area contributed by atoms with Crippen molar-refractivity contribution in [2.45, 2.75) is 6.17 Å². The van der Waals surface area contributed by atoms with Gasteiger partial charge in [0.2, 0.25) is 0 Å². The van der Waals surface area contributed by atoms with Gasteiger partial charge < -0.3 is 10.2 Å². The summed E-state index contributed by atoms with van der Waals surface area (Å²) in [5, 5.41) is 4.67. The number of nitrogens with one attached hydrogen (secondary N) is 1. The zero-order chi connectivity index (χ0) is 25.1. The fourth-order valence-electron chi connectivity index (χ4n) is 5.51. The summed E-state index contributed by atoms with van der Waals surface area (Å²) in [6, 6.07) is 33.5. The predicted octanol–water partition coefficient (Wildman–Crippen LogP) is 6.84. The molecule has 5 nitrogen and oxygen atoms in total. The van der Waals surface area contributed by atoms with Crippen molar-refractivity contribution in [2.24, 2.45) is 0 Å². The van der Waals surface area contributed by atoms with E-state index in [2.05, 4.69) is 106 Å². The Morgan fingerprint density at radius 1 is 0.711 bits per heavy atom. The minimum Gasteiger partial charge on any atom is -0.360 e. The van der Waals surface area contributed by atoms with Crippen molar-refractivity contribution in [2.75, 3.05) is 0 Å². The number of pyridine rings is 2.